The summed E-state index contributed by atoms with van der Waals surface area (Å²) in [4.78, 5) is 29.2. The van der Waals surface area contributed by atoms with E-state index in [0.717, 1.165) is 52.0 Å². The SMILES string of the molecule is O=C(O)[C@H]1CN(c2nc3cn[nH]c(=O)c3s2)CCN1S(=O)(=O)c1ccc(OC(F)(F)F)cc1.[NH-]Cc1ccc(OC(F)(F)C(F)F)cc1. The summed E-state index contributed by atoms with van der Waals surface area (Å²) in [5.41, 5.74) is 7.41. The number of hydrogen-bond donors (Lipinski definition) is 2. The molecule has 0 aliphatic carbocycles. The van der Waals surface area contributed by atoms with Crippen molar-refractivity contribution in [1.29, 1.82) is 0 Å². The predicted molar refractivity (Wildman–Crippen MR) is 155 cm³/mol. The molecule has 2 aromatic heterocycles. The summed E-state index contributed by atoms with van der Waals surface area (Å²) in [6, 6.07) is 6.97. The van der Waals surface area contributed by atoms with Crippen LogP contribution in [0.3, 0.4) is 0 Å². The standard InChI is InChI=1S/C17H14F3N5O6S2.C9H8F4NO/c18-17(19,20)31-9-1-3-10(4-2-9)33(29,30)25-6-5-24(8-12(25)15(27)28)16-22-11-7-21-23-14(26)13(11)32-16;10-8(11)9(12,13)15-7-3-1-6(5-14)2-4-7/h1-4,7,12H,5-6,8H2,(H,23,26)(H,27,28);1-4,8,14H,5H2/q;-1/t12-;/m1./s1. The van der Waals surface area contributed by atoms with Crippen LogP contribution in [0.15, 0.2) is 64.4 Å². The molecule has 0 amide bonds. The number of fused-ring (bicyclic) bond motifs is 1. The first-order chi connectivity index (χ1) is 22.4. The van der Waals surface area contributed by atoms with Gasteiger partial charge in [-0.1, -0.05) is 29.0 Å². The number of piperazine rings is 1. The Hall–Kier alpha value is -4.54. The Bertz CT molecular complexity index is 1890. The minimum atomic E-state index is -4.94. The monoisotopic (exact) mass is 727 g/mol. The highest BCUT2D eigenvalue weighted by Crippen LogP contribution is 2.31. The van der Waals surface area contributed by atoms with Gasteiger partial charge in [0.25, 0.3) is 5.56 Å². The van der Waals surface area contributed by atoms with Crippen molar-refractivity contribution >= 4 is 42.7 Å². The molecule has 5 rings (SSSR count). The molecule has 0 radical (unpaired) electrons. The van der Waals surface area contributed by atoms with Crippen molar-refractivity contribution in [2.24, 2.45) is 0 Å². The summed E-state index contributed by atoms with van der Waals surface area (Å²) in [5, 5.41) is 15.9. The molecule has 2 aromatic carbocycles. The zero-order valence-electron chi connectivity index (χ0n) is 23.8. The Balaban J connectivity index is 0.000000291. The van der Waals surface area contributed by atoms with E-state index in [0.29, 0.717) is 20.9 Å². The first-order valence-electron chi connectivity index (χ1n) is 13.2. The van der Waals surface area contributed by atoms with E-state index in [1.807, 2.05) is 0 Å². The molecular formula is C26H22F7N6O7S2-. The molecule has 0 saturated carbocycles. The van der Waals surface area contributed by atoms with Gasteiger partial charge in [-0.2, -0.15) is 27.0 Å². The number of rotatable bonds is 9. The lowest BCUT2D eigenvalue weighted by Crippen LogP contribution is -2.58. The molecule has 1 aliphatic rings. The molecule has 1 atom stereocenters. The number of carbonyl (C=O) groups is 1. The minimum Gasteiger partial charge on any atom is -0.674 e. The summed E-state index contributed by atoms with van der Waals surface area (Å²) in [7, 11) is -4.35. The van der Waals surface area contributed by atoms with Gasteiger partial charge in [-0.15, -0.1) is 19.7 Å². The van der Waals surface area contributed by atoms with Crippen molar-refractivity contribution in [3.63, 3.8) is 0 Å². The zero-order valence-corrected chi connectivity index (χ0v) is 25.5. The lowest BCUT2D eigenvalue weighted by Gasteiger charge is -2.38. The number of ether oxygens (including phenoxy) is 2. The van der Waals surface area contributed by atoms with Gasteiger partial charge in [-0.25, -0.2) is 18.5 Å². The van der Waals surface area contributed by atoms with Gasteiger partial charge in [0.05, 0.1) is 11.1 Å². The summed E-state index contributed by atoms with van der Waals surface area (Å²) in [5.74, 6) is -2.38. The van der Waals surface area contributed by atoms with Crippen molar-refractivity contribution in [1.82, 2.24) is 19.5 Å². The van der Waals surface area contributed by atoms with Crippen LogP contribution in [0.5, 0.6) is 11.5 Å². The summed E-state index contributed by atoms with van der Waals surface area (Å²) >= 11 is 1.02. The van der Waals surface area contributed by atoms with Crippen LogP contribution >= 0.6 is 11.3 Å². The van der Waals surface area contributed by atoms with E-state index < -0.39 is 52.2 Å². The Morgan fingerprint density at radius 2 is 1.65 bits per heavy atom. The number of nitrogens with one attached hydrogen (secondary N) is 2. The van der Waals surface area contributed by atoms with Crippen LogP contribution in [0.25, 0.3) is 16.0 Å². The lowest BCUT2D eigenvalue weighted by atomic mass is 10.2. The molecule has 260 valence electrons. The Morgan fingerprint density at radius 3 is 2.19 bits per heavy atom. The van der Waals surface area contributed by atoms with Crippen LogP contribution in [0, 0.1) is 0 Å². The number of nitrogens with zero attached hydrogens (tertiary/aromatic N) is 4. The second kappa shape index (κ2) is 14.3. The number of aromatic nitrogens is 3. The van der Waals surface area contributed by atoms with Crippen molar-refractivity contribution in [2.45, 2.75) is 36.4 Å². The molecule has 4 aromatic rings. The number of anilines is 1. The van der Waals surface area contributed by atoms with E-state index in [2.05, 4.69) is 24.7 Å². The van der Waals surface area contributed by atoms with Gasteiger partial charge in [-0.05, 0) is 36.4 Å². The fraction of sp³-hybridized carbons (Fsp3) is 0.308. The van der Waals surface area contributed by atoms with Crippen molar-refractivity contribution < 1.29 is 58.5 Å². The summed E-state index contributed by atoms with van der Waals surface area (Å²) in [6.07, 6.45) is -11.9. The molecule has 0 spiro atoms. The summed E-state index contributed by atoms with van der Waals surface area (Å²) in [6.45, 7) is -0.422. The van der Waals surface area contributed by atoms with Gasteiger partial charge in [0.2, 0.25) is 10.0 Å². The minimum absolute atomic E-state index is 0.00841. The average molecular weight is 728 g/mol. The molecule has 3 N–H and O–H groups in total. The van der Waals surface area contributed by atoms with Crippen LogP contribution in [0.1, 0.15) is 5.56 Å². The number of H-pyrrole nitrogens is 1. The van der Waals surface area contributed by atoms with Gasteiger partial charge in [-0.3, -0.25) is 9.59 Å². The number of aliphatic carboxylic acids is 1. The maximum absolute atomic E-state index is 13.0. The fourth-order valence-corrected chi connectivity index (χ4v) is 6.69. The number of alkyl halides is 7. The van der Waals surface area contributed by atoms with Crippen LogP contribution in [0.4, 0.5) is 35.9 Å². The van der Waals surface area contributed by atoms with Crippen LogP contribution < -0.4 is 19.9 Å². The first kappa shape index (κ1) is 36.3. The molecule has 0 unspecified atom stereocenters. The van der Waals surface area contributed by atoms with Gasteiger partial charge in [0.1, 0.15) is 27.8 Å². The molecule has 48 heavy (non-hydrogen) atoms. The van der Waals surface area contributed by atoms with E-state index in [1.165, 1.54) is 18.3 Å². The molecule has 1 saturated heterocycles. The molecule has 1 aliphatic heterocycles. The van der Waals surface area contributed by atoms with E-state index in [4.69, 9.17) is 5.73 Å². The quantitative estimate of drug-likeness (QED) is 0.229. The maximum atomic E-state index is 13.0. The highest BCUT2D eigenvalue weighted by atomic mass is 32.2. The number of aromatic amines is 1. The molecule has 22 heteroatoms. The van der Waals surface area contributed by atoms with Crippen LogP contribution in [-0.4, -0.2) is 83.6 Å². The Labute approximate surface area is 269 Å². The number of thiazole rings is 1. The number of carboxylic acids is 1. The zero-order chi connectivity index (χ0) is 35.4. The Kier molecular flexibility index (Phi) is 10.8. The number of halogens is 7. The number of hydrogen-bond acceptors (Lipinski definition) is 10. The lowest BCUT2D eigenvalue weighted by molar-refractivity contribution is -0.274. The second-order valence-electron chi connectivity index (χ2n) is 9.63. The van der Waals surface area contributed by atoms with E-state index in [-0.39, 0.29) is 36.8 Å². The van der Waals surface area contributed by atoms with Crippen molar-refractivity contribution in [3.8, 4) is 11.5 Å². The van der Waals surface area contributed by atoms with Gasteiger partial charge >= 0.3 is 24.9 Å². The fourth-order valence-electron chi connectivity index (χ4n) is 4.16. The number of carboxylic acid groups (broad SMARTS) is 1. The third kappa shape index (κ3) is 8.67. The average Bonchev–Trinajstić information content (AvgIpc) is 3.47. The highest BCUT2D eigenvalue weighted by Gasteiger charge is 2.44. The Morgan fingerprint density at radius 1 is 1.04 bits per heavy atom. The van der Waals surface area contributed by atoms with E-state index in [9.17, 15) is 53.8 Å². The number of benzene rings is 2. The van der Waals surface area contributed by atoms with Gasteiger partial charge in [0.15, 0.2) is 5.13 Å². The molecule has 3 heterocycles. The third-order valence-corrected chi connectivity index (χ3v) is 9.44. The predicted octanol–water partition coefficient (Wildman–Crippen LogP) is 4.72. The molecule has 1 fully saturated rings. The van der Waals surface area contributed by atoms with E-state index >= 15 is 0 Å². The van der Waals surface area contributed by atoms with Crippen molar-refractivity contribution in [3.05, 3.63) is 76.4 Å². The summed E-state index contributed by atoms with van der Waals surface area (Å²) < 4.78 is 120. The number of sulfonamides is 1. The molecular weight excluding hydrogens is 705 g/mol. The largest absolute Gasteiger partial charge is 0.674 e. The van der Waals surface area contributed by atoms with Crippen LogP contribution in [-0.2, 0) is 21.4 Å². The smallest absolute Gasteiger partial charge is 0.573 e. The van der Waals surface area contributed by atoms with E-state index in [1.54, 1.807) is 4.90 Å². The molecule has 13 nitrogen and oxygen atoms in total. The van der Waals surface area contributed by atoms with Crippen molar-refractivity contribution in [2.75, 3.05) is 24.5 Å². The first-order valence-corrected chi connectivity index (χ1v) is 15.4. The van der Waals surface area contributed by atoms with Gasteiger partial charge < -0.3 is 25.2 Å². The van der Waals surface area contributed by atoms with Crippen LogP contribution in [0.2, 0.25) is 0 Å². The maximum Gasteiger partial charge on any atom is 0.573 e. The highest BCUT2D eigenvalue weighted by molar-refractivity contribution is 7.89. The normalized spacial score (nSPS) is 16.0. The van der Waals surface area contributed by atoms with Gasteiger partial charge in [0, 0.05) is 19.6 Å². The molecule has 0 bridgehead atoms. The topological polar surface area (TPSA) is 179 Å². The second-order valence-corrected chi connectivity index (χ2v) is 12.5. The third-order valence-electron chi connectivity index (χ3n) is 6.39.